The molecule has 0 saturated carbocycles. The van der Waals surface area contributed by atoms with Crippen LogP contribution >= 0.6 is 0 Å². The average molecular weight is 254 g/mol. The van der Waals surface area contributed by atoms with E-state index in [1.54, 1.807) is 0 Å². The zero-order chi connectivity index (χ0) is 13.0. The van der Waals surface area contributed by atoms with E-state index in [0.29, 0.717) is 6.42 Å². The molecule has 0 radical (unpaired) electrons. The molecule has 0 aliphatic rings. The average Bonchev–Trinajstić information content (AvgIpc) is 2.78. The highest BCUT2D eigenvalue weighted by molar-refractivity contribution is 5.83. The second-order valence-corrected chi connectivity index (χ2v) is 4.15. The molecule has 2 rings (SSSR count). The van der Waals surface area contributed by atoms with Gasteiger partial charge in [-0.2, -0.15) is 0 Å². The summed E-state index contributed by atoms with van der Waals surface area (Å²) in [5.74, 6) is 0. The Morgan fingerprint density at radius 2 is 2.06 bits per heavy atom. The molecular formula is C13H16F2N2O. The third-order valence-electron chi connectivity index (χ3n) is 2.84. The van der Waals surface area contributed by atoms with Gasteiger partial charge >= 0.3 is 0 Å². The van der Waals surface area contributed by atoms with Crippen molar-refractivity contribution in [3.05, 3.63) is 36.0 Å². The number of hydrogen-bond acceptors (Lipinski definition) is 2. The Morgan fingerprint density at radius 1 is 1.28 bits per heavy atom. The van der Waals surface area contributed by atoms with Gasteiger partial charge in [-0.15, -0.1) is 0 Å². The monoisotopic (exact) mass is 254 g/mol. The van der Waals surface area contributed by atoms with Crippen molar-refractivity contribution in [2.24, 2.45) is 5.73 Å². The van der Waals surface area contributed by atoms with E-state index in [4.69, 9.17) is 10.5 Å². The van der Waals surface area contributed by atoms with Gasteiger partial charge in [0.1, 0.15) is 6.61 Å². The minimum atomic E-state index is -2.42. The van der Waals surface area contributed by atoms with Crippen LogP contribution in [-0.2, 0) is 4.74 Å². The number of ether oxygens (including phenoxy) is 1. The molecule has 0 aliphatic heterocycles. The number of nitrogens with one attached hydrogen (secondary N) is 1. The van der Waals surface area contributed by atoms with E-state index in [0.717, 1.165) is 16.5 Å². The van der Waals surface area contributed by atoms with E-state index >= 15 is 0 Å². The lowest BCUT2D eigenvalue weighted by Gasteiger charge is -2.11. The fourth-order valence-corrected chi connectivity index (χ4v) is 1.94. The number of H-pyrrole nitrogens is 1. The number of nitrogens with two attached hydrogens (primary N) is 1. The Labute approximate surface area is 104 Å². The highest BCUT2D eigenvalue weighted by Gasteiger charge is 2.11. The Balaban J connectivity index is 1.94. The molecule has 1 aromatic heterocycles. The van der Waals surface area contributed by atoms with E-state index in [2.05, 4.69) is 4.98 Å². The topological polar surface area (TPSA) is 51.0 Å². The molecule has 0 fully saturated rings. The van der Waals surface area contributed by atoms with Crippen molar-refractivity contribution in [1.29, 1.82) is 0 Å². The molecule has 2 aromatic rings. The first-order valence-electron chi connectivity index (χ1n) is 5.86. The molecular weight excluding hydrogens is 238 g/mol. The summed E-state index contributed by atoms with van der Waals surface area (Å²) in [7, 11) is 0. The fraction of sp³-hybridized carbons (Fsp3) is 0.385. The Morgan fingerprint density at radius 3 is 2.83 bits per heavy atom. The standard InChI is InChI=1S/C13H16F2N2O/c14-13(15)8-18-6-5-11(16)10-7-17-12-4-2-1-3-9(10)12/h1-4,7,11,13,17H,5-6,8,16H2. The maximum absolute atomic E-state index is 11.9. The Kier molecular flexibility index (Phi) is 4.28. The summed E-state index contributed by atoms with van der Waals surface area (Å²) in [5.41, 5.74) is 8.05. The fourth-order valence-electron chi connectivity index (χ4n) is 1.94. The van der Waals surface area contributed by atoms with Gasteiger partial charge in [-0.25, -0.2) is 8.78 Å². The maximum Gasteiger partial charge on any atom is 0.261 e. The summed E-state index contributed by atoms with van der Waals surface area (Å²) in [6.45, 7) is -0.286. The van der Waals surface area contributed by atoms with Gasteiger partial charge in [0.15, 0.2) is 0 Å². The molecule has 18 heavy (non-hydrogen) atoms. The third kappa shape index (κ3) is 3.05. The van der Waals surface area contributed by atoms with E-state index in [-0.39, 0.29) is 12.6 Å². The molecule has 1 unspecified atom stereocenters. The molecule has 5 heteroatoms. The van der Waals surface area contributed by atoms with Gasteiger partial charge in [0.05, 0.1) is 0 Å². The lowest BCUT2D eigenvalue weighted by atomic mass is 10.0. The summed E-state index contributed by atoms with van der Waals surface area (Å²) in [5, 5.41) is 1.07. The van der Waals surface area contributed by atoms with Crippen LogP contribution in [0.15, 0.2) is 30.5 Å². The summed E-state index contributed by atoms with van der Waals surface area (Å²) < 4.78 is 28.6. The molecule has 3 nitrogen and oxygen atoms in total. The first-order chi connectivity index (χ1) is 8.68. The number of benzene rings is 1. The highest BCUT2D eigenvalue weighted by atomic mass is 19.3. The van der Waals surface area contributed by atoms with Crippen molar-refractivity contribution in [3.63, 3.8) is 0 Å². The molecule has 98 valence electrons. The minimum absolute atomic E-state index is 0.209. The lowest BCUT2D eigenvalue weighted by molar-refractivity contribution is 0.0152. The van der Waals surface area contributed by atoms with Crippen LogP contribution in [0.3, 0.4) is 0 Å². The molecule has 0 amide bonds. The Hall–Kier alpha value is -1.46. The van der Waals surface area contributed by atoms with E-state index in [9.17, 15) is 8.78 Å². The van der Waals surface area contributed by atoms with Crippen LogP contribution in [0, 0.1) is 0 Å². The number of rotatable bonds is 6. The SMILES string of the molecule is NC(CCOCC(F)F)c1c[nH]c2ccccc12. The van der Waals surface area contributed by atoms with Crippen molar-refractivity contribution < 1.29 is 13.5 Å². The summed E-state index contributed by atoms with van der Waals surface area (Å²) in [6.07, 6.45) is -0.0360. The first-order valence-corrected chi connectivity index (χ1v) is 5.86. The van der Waals surface area contributed by atoms with E-state index in [1.807, 2.05) is 30.5 Å². The molecule has 0 bridgehead atoms. The zero-order valence-electron chi connectivity index (χ0n) is 9.90. The van der Waals surface area contributed by atoms with E-state index in [1.165, 1.54) is 0 Å². The summed E-state index contributed by atoms with van der Waals surface area (Å²) in [6, 6.07) is 7.64. The number of aromatic amines is 1. The maximum atomic E-state index is 11.9. The van der Waals surface area contributed by atoms with Crippen molar-refractivity contribution in [2.75, 3.05) is 13.2 Å². The molecule has 0 saturated heterocycles. The summed E-state index contributed by atoms with van der Waals surface area (Å²) >= 11 is 0. The molecule has 0 spiro atoms. The second kappa shape index (κ2) is 5.93. The largest absolute Gasteiger partial charge is 0.375 e. The number of fused-ring (bicyclic) bond motifs is 1. The van der Waals surface area contributed by atoms with Crippen LogP contribution in [0.25, 0.3) is 10.9 Å². The van der Waals surface area contributed by atoms with Gasteiger partial charge in [0.25, 0.3) is 6.43 Å². The van der Waals surface area contributed by atoms with E-state index < -0.39 is 13.0 Å². The van der Waals surface area contributed by atoms with Gasteiger partial charge in [0, 0.05) is 29.7 Å². The number of halogens is 2. The lowest BCUT2D eigenvalue weighted by Crippen LogP contribution is -2.14. The molecule has 1 aromatic carbocycles. The minimum Gasteiger partial charge on any atom is -0.375 e. The van der Waals surface area contributed by atoms with Gasteiger partial charge in [0.2, 0.25) is 0 Å². The third-order valence-corrected chi connectivity index (χ3v) is 2.84. The van der Waals surface area contributed by atoms with Gasteiger partial charge in [-0.3, -0.25) is 0 Å². The van der Waals surface area contributed by atoms with Crippen molar-refractivity contribution in [2.45, 2.75) is 18.9 Å². The summed E-state index contributed by atoms with van der Waals surface area (Å²) in [4.78, 5) is 3.14. The van der Waals surface area contributed by atoms with Gasteiger partial charge < -0.3 is 15.5 Å². The van der Waals surface area contributed by atoms with Crippen molar-refractivity contribution in [1.82, 2.24) is 4.98 Å². The highest BCUT2D eigenvalue weighted by Crippen LogP contribution is 2.24. The first kappa shape index (κ1) is 13.0. The molecule has 3 N–H and O–H groups in total. The number of alkyl halides is 2. The molecule has 1 heterocycles. The Bertz CT molecular complexity index is 498. The molecule has 1 atom stereocenters. The van der Waals surface area contributed by atoms with Crippen LogP contribution in [0.4, 0.5) is 8.78 Å². The smallest absolute Gasteiger partial charge is 0.261 e. The number of aromatic nitrogens is 1. The normalized spacial score (nSPS) is 13.3. The second-order valence-electron chi connectivity index (χ2n) is 4.15. The van der Waals surface area contributed by atoms with Crippen molar-refractivity contribution in [3.8, 4) is 0 Å². The van der Waals surface area contributed by atoms with Crippen LogP contribution in [0.2, 0.25) is 0 Å². The van der Waals surface area contributed by atoms with Crippen molar-refractivity contribution >= 4 is 10.9 Å². The van der Waals surface area contributed by atoms with Gasteiger partial charge in [-0.05, 0) is 18.1 Å². The predicted octanol–water partition coefficient (Wildman–Crippen LogP) is 2.84. The van der Waals surface area contributed by atoms with Crippen LogP contribution in [0.5, 0.6) is 0 Å². The van der Waals surface area contributed by atoms with Crippen LogP contribution in [0.1, 0.15) is 18.0 Å². The van der Waals surface area contributed by atoms with Gasteiger partial charge in [-0.1, -0.05) is 18.2 Å². The van der Waals surface area contributed by atoms with Crippen LogP contribution < -0.4 is 5.73 Å². The van der Waals surface area contributed by atoms with Crippen LogP contribution in [-0.4, -0.2) is 24.6 Å². The number of para-hydroxylation sites is 1. The zero-order valence-corrected chi connectivity index (χ0v) is 9.90. The number of hydrogen-bond donors (Lipinski definition) is 2. The predicted molar refractivity (Wildman–Crippen MR) is 66.7 cm³/mol. The quantitative estimate of drug-likeness (QED) is 0.779. The molecule has 0 aliphatic carbocycles.